The Morgan fingerprint density at radius 1 is 1.14 bits per heavy atom. The fourth-order valence-electron chi connectivity index (χ4n) is 2.51. The maximum absolute atomic E-state index is 11.9. The van der Waals surface area contributed by atoms with E-state index in [2.05, 4.69) is 0 Å². The van der Waals surface area contributed by atoms with E-state index in [9.17, 15) is 8.42 Å². The molecule has 0 aromatic heterocycles. The zero-order chi connectivity index (χ0) is 10.3. The Morgan fingerprint density at radius 2 is 1.71 bits per heavy atom. The molecule has 0 amide bonds. The topological polar surface area (TPSA) is 40.6 Å². The predicted octanol–water partition coefficient (Wildman–Crippen LogP) is 0.667. The number of fused-ring (bicyclic) bond motifs is 3. The van der Waals surface area contributed by atoms with E-state index in [0.717, 1.165) is 19.4 Å². The van der Waals surface area contributed by atoms with Crippen LogP contribution in [0, 0.1) is 5.92 Å². The van der Waals surface area contributed by atoms with Crippen LogP contribution < -0.4 is 0 Å². The van der Waals surface area contributed by atoms with Crippen molar-refractivity contribution < 1.29 is 8.42 Å². The van der Waals surface area contributed by atoms with Crippen molar-refractivity contribution in [3.05, 3.63) is 0 Å². The molecule has 0 aromatic rings. The van der Waals surface area contributed by atoms with Gasteiger partial charge in [0, 0.05) is 26.7 Å². The van der Waals surface area contributed by atoms with Gasteiger partial charge in [-0.15, -0.1) is 0 Å². The Bertz CT molecular complexity index is 305. The summed E-state index contributed by atoms with van der Waals surface area (Å²) in [6.07, 6.45) is 4.53. The highest BCUT2D eigenvalue weighted by Gasteiger charge is 2.40. The molecular formula is C9H18N2O2S. The van der Waals surface area contributed by atoms with Gasteiger partial charge in [0.1, 0.15) is 0 Å². The third kappa shape index (κ3) is 1.57. The molecule has 3 rings (SSSR count). The highest BCUT2D eigenvalue weighted by Crippen LogP contribution is 2.36. The van der Waals surface area contributed by atoms with Crippen LogP contribution >= 0.6 is 0 Å². The van der Waals surface area contributed by atoms with Crippen molar-refractivity contribution >= 4 is 10.2 Å². The summed E-state index contributed by atoms with van der Waals surface area (Å²) in [7, 11) is 0.0533. The van der Waals surface area contributed by atoms with Crippen molar-refractivity contribution in [3.63, 3.8) is 0 Å². The molecule has 4 nitrogen and oxygen atoms in total. The highest BCUT2D eigenvalue weighted by molar-refractivity contribution is 7.86. The van der Waals surface area contributed by atoms with E-state index in [-0.39, 0.29) is 6.04 Å². The molecule has 14 heavy (non-hydrogen) atoms. The van der Waals surface area contributed by atoms with Crippen molar-refractivity contribution in [2.45, 2.75) is 31.7 Å². The van der Waals surface area contributed by atoms with Gasteiger partial charge in [0.15, 0.2) is 0 Å². The first-order chi connectivity index (χ1) is 6.51. The first-order valence-electron chi connectivity index (χ1n) is 5.21. The zero-order valence-corrected chi connectivity index (χ0v) is 9.63. The minimum atomic E-state index is -3.16. The lowest BCUT2D eigenvalue weighted by Gasteiger charge is -2.44. The lowest BCUT2D eigenvalue weighted by molar-refractivity contribution is 0.115. The van der Waals surface area contributed by atoms with Crippen molar-refractivity contribution in [2.24, 2.45) is 5.92 Å². The molecule has 1 aliphatic carbocycles. The summed E-state index contributed by atoms with van der Waals surface area (Å²) in [6.45, 7) is 0.741. The van der Waals surface area contributed by atoms with Crippen molar-refractivity contribution in [2.75, 3.05) is 20.6 Å². The SMILES string of the molecule is CN(C)S(=O)(=O)N1CC2CCC1CC2. The molecule has 3 fully saturated rings. The van der Waals surface area contributed by atoms with Gasteiger partial charge in [0.05, 0.1) is 0 Å². The van der Waals surface area contributed by atoms with E-state index >= 15 is 0 Å². The van der Waals surface area contributed by atoms with E-state index in [1.165, 1.54) is 17.1 Å². The Balaban J connectivity index is 2.20. The van der Waals surface area contributed by atoms with Gasteiger partial charge in [0.2, 0.25) is 0 Å². The van der Waals surface area contributed by atoms with Crippen LogP contribution in [0.4, 0.5) is 0 Å². The average molecular weight is 218 g/mol. The molecule has 1 saturated carbocycles. The van der Waals surface area contributed by atoms with Gasteiger partial charge in [-0.1, -0.05) is 0 Å². The van der Waals surface area contributed by atoms with Gasteiger partial charge in [0.25, 0.3) is 10.2 Å². The second kappa shape index (κ2) is 3.47. The summed E-state index contributed by atoms with van der Waals surface area (Å²) in [4.78, 5) is 0. The van der Waals surface area contributed by atoms with Gasteiger partial charge in [-0.2, -0.15) is 17.0 Å². The number of hydrogen-bond acceptors (Lipinski definition) is 2. The molecule has 82 valence electrons. The van der Waals surface area contributed by atoms with Crippen molar-refractivity contribution in [1.82, 2.24) is 8.61 Å². The summed E-state index contributed by atoms with van der Waals surface area (Å²) >= 11 is 0. The maximum atomic E-state index is 11.9. The molecule has 2 saturated heterocycles. The summed E-state index contributed by atoms with van der Waals surface area (Å²) in [6, 6.07) is 0.271. The van der Waals surface area contributed by atoms with Crippen LogP contribution in [-0.2, 0) is 10.2 Å². The minimum absolute atomic E-state index is 0.271. The van der Waals surface area contributed by atoms with Gasteiger partial charge < -0.3 is 0 Å². The molecule has 2 heterocycles. The predicted molar refractivity (Wildman–Crippen MR) is 55.1 cm³/mol. The number of hydrogen-bond donors (Lipinski definition) is 0. The summed E-state index contributed by atoms with van der Waals surface area (Å²) in [5, 5.41) is 0. The monoisotopic (exact) mass is 218 g/mol. The Hall–Kier alpha value is -0.130. The quantitative estimate of drug-likeness (QED) is 0.683. The molecule has 0 radical (unpaired) electrons. The van der Waals surface area contributed by atoms with Crippen LogP contribution in [0.25, 0.3) is 0 Å². The van der Waals surface area contributed by atoms with E-state index in [1.807, 2.05) is 0 Å². The normalized spacial score (nSPS) is 33.9. The largest absolute Gasteiger partial charge is 0.281 e. The smallest absolute Gasteiger partial charge is 0.195 e. The molecule has 0 unspecified atom stereocenters. The summed E-state index contributed by atoms with van der Waals surface area (Å²) in [5.74, 6) is 0.606. The first-order valence-corrected chi connectivity index (χ1v) is 6.61. The lowest BCUT2D eigenvalue weighted by atomic mass is 9.82. The van der Waals surface area contributed by atoms with Crippen LogP contribution in [0.3, 0.4) is 0 Å². The average Bonchev–Trinajstić information content (AvgIpc) is 2.19. The van der Waals surface area contributed by atoms with E-state index < -0.39 is 10.2 Å². The van der Waals surface area contributed by atoms with Crippen molar-refractivity contribution in [1.29, 1.82) is 0 Å². The Kier molecular flexibility index (Phi) is 2.57. The second-order valence-electron chi connectivity index (χ2n) is 4.53. The van der Waals surface area contributed by atoms with Gasteiger partial charge >= 0.3 is 0 Å². The summed E-state index contributed by atoms with van der Waals surface area (Å²) in [5.41, 5.74) is 0. The van der Waals surface area contributed by atoms with E-state index in [4.69, 9.17) is 0 Å². The third-order valence-electron chi connectivity index (χ3n) is 3.42. The first kappa shape index (κ1) is 10.4. The Morgan fingerprint density at radius 3 is 2.07 bits per heavy atom. The van der Waals surface area contributed by atoms with Crippen molar-refractivity contribution in [3.8, 4) is 0 Å². The van der Waals surface area contributed by atoms with Crippen LogP contribution in [-0.4, -0.2) is 43.7 Å². The minimum Gasteiger partial charge on any atom is -0.195 e. The highest BCUT2D eigenvalue weighted by atomic mass is 32.2. The van der Waals surface area contributed by atoms with E-state index in [0.29, 0.717) is 5.92 Å². The van der Waals surface area contributed by atoms with Gasteiger partial charge in [-0.05, 0) is 31.6 Å². The molecule has 0 N–H and O–H groups in total. The Labute approximate surface area is 86.1 Å². The van der Waals surface area contributed by atoms with Gasteiger partial charge in [-0.3, -0.25) is 0 Å². The van der Waals surface area contributed by atoms with E-state index in [1.54, 1.807) is 18.4 Å². The third-order valence-corrected chi connectivity index (χ3v) is 5.38. The molecular weight excluding hydrogens is 200 g/mol. The molecule has 0 aromatic carbocycles. The molecule has 2 aliphatic heterocycles. The van der Waals surface area contributed by atoms with Crippen LogP contribution in [0.5, 0.6) is 0 Å². The summed E-state index contributed by atoms with van der Waals surface area (Å²) < 4.78 is 26.9. The fraction of sp³-hybridized carbons (Fsp3) is 1.00. The standard InChI is InChI=1S/C9H18N2O2S/c1-10(2)14(12,13)11-7-8-3-5-9(11)6-4-8/h8-9H,3-7H2,1-2H3. The molecule has 3 aliphatic rings. The van der Waals surface area contributed by atoms with Crippen LogP contribution in [0.15, 0.2) is 0 Å². The van der Waals surface area contributed by atoms with Crippen LogP contribution in [0.2, 0.25) is 0 Å². The van der Waals surface area contributed by atoms with Crippen LogP contribution in [0.1, 0.15) is 25.7 Å². The van der Waals surface area contributed by atoms with Gasteiger partial charge in [-0.25, -0.2) is 0 Å². The fourth-order valence-corrected chi connectivity index (χ4v) is 3.92. The second-order valence-corrected chi connectivity index (χ2v) is 6.63. The number of piperidine rings is 2. The molecule has 5 heteroatoms. The number of rotatable bonds is 2. The molecule has 0 atom stereocenters. The number of nitrogens with zero attached hydrogens (tertiary/aromatic N) is 2. The molecule has 0 spiro atoms. The zero-order valence-electron chi connectivity index (χ0n) is 8.81. The molecule has 2 bridgehead atoms. The lowest BCUT2D eigenvalue weighted by Crippen LogP contribution is -2.53. The maximum Gasteiger partial charge on any atom is 0.281 e.